The fourth-order valence-corrected chi connectivity index (χ4v) is 3.33. The molecule has 1 aromatic carbocycles. The van der Waals surface area contributed by atoms with Crippen molar-refractivity contribution in [2.45, 2.75) is 19.9 Å². The molecule has 0 bridgehead atoms. The molecule has 3 rings (SSSR count). The highest BCUT2D eigenvalue weighted by Crippen LogP contribution is 2.24. The number of pyridine rings is 2. The van der Waals surface area contributed by atoms with Crippen molar-refractivity contribution in [1.82, 2.24) is 20.2 Å². The van der Waals surface area contributed by atoms with Crippen LogP contribution < -0.4 is 5.32 Å². The second-order valence-corrected chi connectivity index (χ2v) is 7.30. The van der Waals surface area contributed by atoms with Gasteiger partial charge in [0.15, 0.2) is 0 Å². The first kappa shape index (κ1) is 19.0. The van der Waals surface area contributed by atoms with Crippen LogP contribution >= 0.6 is 0 Å². The Bertz CT molecular complexity index is 914. The Hall–Kier alpha value is -2.79. The lowest BCUT2D eigenvalue weighted by Gasteiger charge is -2.28. The SMILES string of the molecule is CC(C)[C@@H](CNC(=O)c1cc(-c2cccnc2)nc2ccccc12)N(C)C. The van der Waals surface area contributed by atoms with Crippen molar-refractivity contribution in [2.75, 3.05) is 20.6 Å². The van der Waals surface area contributed by atoms with E-state index < -0.39 is 0 Å². The number of likely N-dealkylation sites (N-methyl/N-ethyl adjacent to an activating group) is 1. The van der Waals surface area contributed by atoms with Gasteiger partial charge in [-0.2, -0.15) is 0 Å². The van der Waals surface area contributed by atoms with E-state index in [0.29, 0.717) is 18.0 Å². The topological polar surface area (TPSA) is 58.1 Å². The largest absolute Gasteiger partial charge is 0.350 e. The van der Waals surface area contributed by atoms with E-state index in [1.165, 1.54) is 0 Å². The average molecular weight is 362 g/mol. The summed E-state index contributed by atoms with van der Waals surface area (Å²) in [6.45, 7) is 4.93. The Balaban J connectivity index is 1.96. The van der Waals surface area contributed by atoms with Gasteiger partial charge in [0.05, 0.1) is 16.8 Å². The minimum Gasteiger partial charge on any atom is -0.350 e. The molecular formula is C22H26N4O. The lowest BCUT2D eigenvalue weighted by molar-refractivity contribution is 0.0936. The summed E-state index contributed by atoms with van der Waals surface area (Å²) >= 11 is 0. The molecule has 0 aliphatic heterocycles. The van der Waals surface area contributed by atoms with Gasteiger partial charge in [0, 0.05) is 35.9 Å². The second-order valence-electron chi connectivity index (χ2n) is 7.30. The number of rotatable bonds is 6. The number of amides is 1. The van der Waals surface area contributed by atoms with Crippen LogP contribution in [0.1, 0.15) is 24.2 Å². The number of fused-ring (bicyclic) bond motifs is 1. The molecule has 1 amide bonds. The Kier molecular flexibility index (Phi) is 5.81. The Morgan fingerprint density at radius 3 is 2.59 bits per heavy atom. The Morgan fingerprint density at radius 2 is 1.93 bits per heavy atom. The summed E-state index contributed by atoms with van der Waals surface area (Å²) in [7, 11) is 4.08. The predicted octanol–water partition coefficient (Wildman–Crippen LogP) is 3.61. The maximum Gasteiger partial charge on any atom is 0.252 e. The van der Waals surface area contributed by atoms with Crippen molar-refractivity contribution in [3.63, 3.8) is 0 Å². The van der Waals surface area contributed by atoms with Crippen LogP contribution in [0.15, 0.2) is 54.9 Å². The van der Waals surface area contributed by atoms with Crippen molar-refractivity contribution in [3.8, 4) is 11.3 Å². The monoisotopic (exact) mass is 362 g/mol. The normalized spacial score (nSPS) is 12.5. The average Bonchev–Trinajstić information content (AvgIpc) is 2.67. The summed E-state index contributed by atoms with van der Waals surface area (Å²) < 4.78 is 0. The van der Waals surface area contributed by atoms with Gasteiger partial charge in [0.25, 0.3) is 5.91 Å². The molecule has 5 heteroatoms. The van der Waals surface area contributed by atoms with Crippen LogP contribution in [0, 0.1) is 5.92 Å². The molecular weight excluding hydrogens is 336 g/mol. The van der Waals surface area contributed by atoms with Crippen LogP contribution in [0.3, 0.4) is 0 Å². The molecule has 1 atom stereocenters. The van der Waals surface area contributed by atoms with E-state index >= 15 is 0 Å². The molecule has 140 valence electrons. The molecule has 0 radical (unpaired) electrons. The van der Waals surface area contributed by atoms with Crippen molar-refractivity contribution >= 4 is 16.8 Å². The van der Waals surface area contributed by atoms with Gasteiger partial charge < -0.3 is 10.2 Å². The molecule has 0 spiro atoms. The fraction of sp³-hybridized carbons (Fsp3) is 0.318. The molecule has 0 aliphatic rings. The zero-order valence-electron chi connectivity index (χ0n) is 16.3. The maximum absolute atomic E-state index is 13.0. The quantitative estimate of drug-likeness (QED) is 0.728. The molecule has 27 heavy (non-hydrogen) atoms. The molecule has 2 heterocycles. The highest BCUT2D eigenvalue weighted by molar-refractivity contribution is 6.07. The van der Waals surface area contributed by atoms with Gasteiger partial charge in [0.2, 0.25) is 0 Å². The molecule has 5 nitrogen and oxygen atoms in total. The number of nitrogens with one attached hydrogen (secondary N) is 1. The highest BCUT2D eigenvalue weighted by Gasteiger charge is 2.19. The second kappa shape index (κ2) is 8.27. The first-order valence-corrected chi connectivity index (χ1v) is 9.22. The molecule has 0 unspecified atom stereocenters. The van der Waals surface area contributed by atoms with Gasteiger partial charge >= 0.3 is 0 Å². The predicted molar refractivity (Wildman–Crippen MR) is 110 cm³/mol. The first-order chi connectivity index (χ1) is 13.0. The minimum atomic E-state index is -0.0776. The van der Waals surface area contributed by atoms with Gasteiger partial charge in [-0.1, -0.05) is 32.0 Å². The van der Waals surface area contributed by atoms with E-state index in [4.69, 9.17) is 4.98 Å². The summed E-state index contributed by atoms with van der Waals surface area (Å²) in [4.78, 5) is 24.0. The Morgan fingerprint density at radius 1 is 1.15 bits per heavy atom. The number of carbonyl (C=O) groups excluding carboxylic acids is 1. The summed E-state index contributed by atoms with van der Waals surface area (Å²) in [5.74, 6) is 0.367. The number of hydrogen-bond acceptors (Lipinski definition) is 4. The summed E-state index contributed by atoms with van der Waals surface area (Å²) in [5.41, 5.74) is 3.09. The third-order valence-corrected chi connectivity index (χ3v) is 4.82. The summed E-state index contributed by atoms with van der Waals surface area (Å²) in [6, 6.07) is 13.7. The van der Waals surface area contributed by atoms with Gasteiger partial charge in [-0.25, -0.2) is 4.98 Å². The van der Waals surface area contributed by atoms with E-state index in [1.807, 2.05) is 56.6 Å². The number of benzene rings is 1. The van der Waals surface area contributed by atoms with Crippen LogP contribution in [0.4, 0.5) is 0 Å². The third kappa shape index (κ3) is 4.31. The van der Waals surface area contributed by atoms with Gasteiger partial charge in [-0.15, -0.1) is 0 Å². The van der Waals surface area contributed by atoms with Crippen molar-refractivity contribution in [2.24, 2.45) is 5.92 Å². The summed E-state index contributed by atoms with van der Waals surface area (Å²) in [6.07, 6.45) is 3.49. The lowest BCUT2D eigenvalue weighted by atomic mass is 10.0. The minimum absolute atomic E-state index is 0.0776. The Labute approximate surface area is 160 Å². The fourth-order valence-electron chi connectivity index (χ4n) is 3.33. The summed E-state index contributed by atoms with van der Waals surface area (Å²) in [5, 5.41) is 3.96. The number of aromatic nitrogens is 2. The van der Waals surface area contributed by atoms with Crippen LogP contribution in [0.25, 0.3) is 22.2 Å². The van der Waals surface area contributed by atoms with Gasteiger partial charge in [-0.05, 0) is 44.3 Å². The van der Waals surface area contributed by atoms with E-state index in [1.54, 1.807) is 12.4 Å². The van der Waals surface area contributed by atoms with Crippen molar-refractivity contribution in [1.29, 1.82) is 0 Å². The van der Waals surface area contributed by atoms with E-state index in [2.05, 4.69) is 29.0 Å². The van der Waals surface area contributed by atoms with E-state index in [-0.39, 0.29) is 11.9 Å². The molecule has 0 saturated carbocycles. The maximum atomic E-state index is 13.0. The van der Waals surface area contributed by atoms with Crippen molar-refractivity contribution < 1.29 is 4.79 Å². The van der Waals surface area contributed by atoms with Gasteiger partial charge in [-0.3, -0.25) is 9.78 Å². The number of para-hydroxylation sites is 1. The molecule has 0 aliphatic carbocycles. The molecule has 1 N–H and O–H groups in total. The molecule has 3 aromatic rings. The van der Waals surface area contributed by atoms with Crippen LogP contribution in [-0.2, 0) is 0 Å². The molecule has 2 aromatic heterocycles. The number of nitrogens with zero attached hydrogens (tertiary/aromatic N) is 3. The number of carbonyl (C=O) groups is 1. The number of hydrogen-bond donors (Lipinski definition) is 1. The van der Waals surface area contributed by atoms with Crippen molar-refractivity contribution in [3.05, 3.63) is 60.4 Å². The van der Waals surface area contributed by atoms with E-state index in [0.717, 1.165) is 22.2 Å². The third-order valence-electron chi connectivity index (χ3n) is 4.82. The van der Waals surface area contributed by atoms with Crippen LogP contribution in [0.2, 0.25) is 0 Å². The molecule has 0 fully saturated rings. The zero-order valence-corrected chi connectivity index (χ0v) is 16.3. The zero-order chi connectivity index (χ0) is 19.4. The smallest absolute Gasteiger partial charge is 0.252 e. The standard InChI is InChI=1S/C22H26N4O/c1-15(2)21(26(3)4)14-24-22(27)18-12-20(16-8-7-11-23-13-16)25-19-10-6-5-9-17(18)19/h5-13,15,21H,14H2,1-4H3,(H,24,27)/t21-/m1/s1. The first-order valence-electron chi connectivity index (χ1n) is 9.22. The van der Waals surface area contributed by atoms with Gasteiger partial charge in [0.1, 0.15) is 0 Å². The van der Waals surface area contributed by atoms with Crippen LogP contribution in [-0.4, -0.2) is 47.5 Å². The van der Waals surface area contributed by atoms with Crippen LogP contribution in [0.5, 0.6) is 0 Å². The highest BCUT2D eigenvalue weighted by atomic mass is 16.1. The van der Waals surface area contributed by atoms with E-state index in [9.17, 15) is 4.79 Å². The lowest BCUT2D eigenvalue weighted by Crippen LogP contribution is -2.43. The molecule has 0 saturated heterocycles.